The molecule has 4 fully saturated rings. The summed E-state index contributed by atoms with van der Waals surface area (Å²) >= 11 is 0. The molecule has 4 nitrogen and oxygen atoms in total. The zero-order chi connectivity index (χ0) is 22.3. The Morgan fingerprint density at radius 2 is 1.78 bits per heavy atom. The Bertz CT molecular complexity index is 903. The van der Waals surface area contributed by atoms with Crippen molar-refractivity contribution < 1.29 is 7.65 Å². The first-order valence-electron chi connectivity index (χ1n) is 13.3. The van der Waals surface area contributed by atoms with Crippen molar-refractivity contribution in [3.05, 3.63) is 35.4 Å². The first-order chi connectivity index (χ1) is 15.3. The first-order valence-corrected chi connectivity index (χ1v) is 13.3. The molecule has 3 unspecified atom stereocenters. The predicted octanol–water partition coefficient (Wildman–Crippen LogP) is 5.97. The van der Waals surface area contributed by atoms with E-state index in [1.807, 2.05) is 4.90 Å². The van der Waals surface area contributed by atoms with Crippen LogP contribution in [0.3, 0.4) is 0 Å². The number of likely N-dealkylation sites (tertiary alicyclic amines) is 1. The fourth-order valence-electron chi connectivity index (χ4n) is 8.71. The summed E-state index contributed by atoms with van der Waals surface area (Å²) in [5, 5.41) is 3.44. The Balaban J connectivity index is 0.00000137. The maximum atomic E-state index is 13.2. The summed E-state index contributed by atoms with van der Waals surface area (Å²) in [5.74, 6) is 2.12. The third kappa shape index (κ3) is 2.94. The highest BCUT2D eigenvalue weighted by molar-refractivity contribution is 5.75. The monoisotopic (exact) mass is 439 g/mol. The standard InChI is InChI=1S/C28H41N3O.2H2/c1-18(2)31(19(3)4)26(32)29-24-16-27(22-8-6-5-7-21(22)24)11-13-30(14-12-27)25-17-28-15-20(28)9-10-23(25)28;;/h5-8,18-20,23-25H,9-17H2,1-4H3,(H,29,32);2*1H/t20?,23-,24-,25?,28?;;/m0../s1. The van der Waals surface area contributed by atoms with Crippen molar-refractivity contribution in [1.29, 1.82) is 0 Å². The van der Waals surface area contributed by atoms with Crippen molar-refractivity contribution >= 4 is 6.03 Å². The molecule has 1 aliphatic heterocycles. The van der Waals surface area contributed by atoms with Crippen molar-refractivity contribution in [3.63, 3.8) is 0 Å². The molecule has 178 valence electrons. The van der Waals surface area contributed by atoms with Gasteiger partial charge >= 0.3 is 6.03 Å². The van der Waals surface area contributed by atoms with Crippen LogP contribution in [0.4, 0.5) is 4.79 Å². The number of urea groups is 1. The number of carbonyl (C=O) groups excluding carboxylic acids is 1. The molecule has 1 N–H and O–H groups in total. The third-order valence-electron chi connectivity index (χ3n) is 10.3. The van der Waals surface area contributed by atoms with Gasteiger partial charge < -0.3 is 15.1 Å². The lowest BCUT2D eigenvalue weighted by Gasteiger charge is -2.53. The van der Waals surface area contributed by atoms with Crippen LogP contribution in [0.25, 0.3) is 0 Å². The van der Waals surface area contributed by atoms with Crippen molar-refractivity contribution in [1.82, 2.24) is 15.1 Å². The molecule has 1 saturated heterocycles. The average Bonchev–Trinajstić information content (AvgIpc) is 3.32. The molecular weight excluding hydrogens is 394 g/mol. The van der Waals surface area contributed by atoms with E-state index in [1.165, 1.54) is 56.3 Å². The fraction of sp³-hybridized carbons (Fsp3) is 0.750. The average molecular weight is 440 g/mol. The summed E-state index contributed by atoms with van der Waals surface area (Å²) in [6.45, 7) is 10.9. The molecule has 1 aromatic carbocycles. The van der Waals surface area contributed by atoms with Gasteiger partial charge in [0, 0.05) is 26.4 Å². The normalized spacial score (nSPS) is 36.6. The van der Waals surface area contributed by atoms with Gasteiger partial charge in [-0.25, -0.2) is 4.79 Å². The van der Waals surface area contributed by atoms with Gasteiger partial charge in [-0.1, -0.05) is 24.3 Å². The summed E-state index contributed by atoms with van der Waals surface area (Å²) < 4.78 is 0. The predicted molar refractivity (Wildman–Crippen MR) is 133 cm³/mol. The molecule has 0 radical (unpaired) electrons. The number of hydrogen-bond acceptors (Lipinski definition) is 2. The van der Waals surface area contributed by atoms with E-state index >= 15 is 0 Å². The van der Waals surface area contributed by atoms with Gasteiger partial charge in [-0.15, -0.1) is 0 Å². The molecule has 3 saturated carbocycles. The lowest BCUT2D eigenvalue weighted by molar-refractivity contribution is -0.0258. The number of nitrogens with one attached hydrogen (secondary N) is 1. The molecule has 1 aromatic rings. The number of piperidine rings is 1. The van der Waals surface area contributed by atoms with E-state index in [0.717, 1.165) is 29.7 Å². The van der Waals surface area contributed by atoms with Crippen LogP contribution in [0.1, 0.15) is 92.7 Å². The van der Waals surface area contributed by atoms with Gasteiger partial charge in [0.05, 0.1) is 6.04 Å². The van der Waals surface area contributed by atoms with E-state index in [1.54, 1.807) is 6.42 Å². The molecule has 5 aliphatic rings. The molecule has 0 bridgehead atoms. The fourth-order valence-corrected chi connectivity index (χ4v) is 8.71. The van der Waals surface area contributed by atoms with Crippen LogP contribution >= 0.6 is 0 Å². The summed E-state index contributed by atoms with van der Waals surface area (Å²) in [7, 11) is 0. The maximum absolute atomic E-state index is 13.2. The summed E-state index contributed by atoms with van der Waals surface area (Å²) in [6.07, 6.45) is 9.60. The quantitative estimate of drug-likeness (QED) is 0.627. The van der Waals surface area contributed by atoms with Gasteiger partial charge in [0.15, 0.2) is 0 Å². The van der Waals surface area contributed by atoms with Gasteiger partial charge in [0.2, 0.25) is 0 Å². The Labute approximate surface area is 197 Å². The van der Waals surface area contributed by atoms with Crippen molar-refractivity contribution in [3.8, 4) is 0 Å². The second kappa shape index (κ2) is 7.22. The molecule has 0 aromatic heterocycles. The highest BCUT2D eigenvalue weighted by atomic mass is 16.2. The van der Waals surface area contributed by atoms with E-state index in [4.69, 9.17) is 0 Å². The van der Waals surface area contributed by atoms with Crippen molar-refractivity contribution in [2.45, 2.75) is 102 Å². The van der Waals surface area contributed by atoms with Crippen LogP contribution in [0.15, 0.2) is 24.3 Å². The SMILES string of the molecule is CC(C)N(C(=O)N[C@H]1CC2(CCN(C3CC45CC4CC[C@@H]35)CC2)c2ccccc21)C(C)C.[HH].[HH]. The van der Waals surface area contributed by atoms with E-state index in [-0.39, 0.29) is 32.4 Å². The second-order valence-corrected chi connectivity index (χ2v) is 12.3. The largest absolute Gasteiger partial charge is 0.331 e. The minimum absolute atomic E-state index is 0. The van der Waals surface area contributed by atoms with E-state index in [9.17, 15) is 4.79 Å². The van der Waals surface area contributed by atoms with Crippen LogP contribution in [0.2, 0.25) is 0 Å². The lowest BCUT2D eigenvalue weighted by atomic mass is 9.65. The topological polar surface area (TPSA) is 35.6 Å². The molecule has 2 amide bonds. The molecular formula is C28H45N3O. The number of benzene rings is 1. The minimum Gasteiger partial charge on any atom is -0.331 e. The molecule has 6 rings (SSSR count). The lowest BCUT2D eigenvalue weighted by Crippen LogP contribution is -2.56. The van der Waals surface area contributed by atoms with Gasteiger partial charge in [-0.3, -0.25) is 0 Å². The Morgan fingerprint density at radius 3 is 2.44 bits per heavy atom. The summed E-state index contributed by atoms with van der Waals surface area (Å²) in [4.78, 5) is 18.0. The zero-order valence-corrected chi connectivity index (χ0v) is 20.4. The smallest absolute Gasteiger partial charge is 0.318 e. The van der Waals surface area contributed by atoms with Crippen LogP contribution in [0.5, 0.6) is 0 Å². The van der Waals surface area contributed by atoms with E-state index in [2.05, 4.69) is 62.2 Å². The van der Waals surface area contributed by atoms with Crippen LogP contribution < -0.4 is 5.32 Å². The molecule has 1 heterocycles. The summed E-state index contributed by atoms with van der Waals surface area (Å²) in [6, 6.07) is 10.5. The number of hydrogen-bond donors (Lipinski definition) is 1. The van der Waals surface area contributed by atoms with Crippen LogP contribution in [-0.4, -0.2) is 47.0 Å². The Morgan fingerprint density at radius 1 is 1.06 bits per heavy atom. The molecule has 4 heteroatoms. The molecule has 2 spiro atoms. The molecule has 5 atom stereocenters. The second-order valence-electron chi connectivity index (χ2n) is 12.3. The van der Waals surface area contributed by atoms with Crippen molar-refractivity contribution in [2.24, 2.45) is 17.3 Å². The van der Waals surface area contributed by atoms with Gasteiger partial charge in [0.25, 0.3) is 0 Å². The number of nitrogens with zero attached hydrogens (tertiary/aromatic N) is 2. The number of amides is 2. The number of fused-ring (bicyclic) bond motifs is 2. The van der Waals surface area contributed by atoms with Crippen molar-refractivity contribution in [2.75, 3.05) is 13.1 Å². The summed E-state index contributed by atoms with van der Waals surface area (Å²) in [5.41, 5.74) is 3.93. The third-order valence-corrected chi connectivity index (χ3v) is 10.3. The highest BCUT2D eigenvalue weighted by Crippen LogP contribution is 2.76. The maximum Gasteiger partial charge on any atom is 0.318 e. The van der Waals surface area contributed by atoms with E-state index < -0.39 is 0 Å². The Kier molecular flexibility index (Phi) is 4.74. The van der Waals surface area contributed by atoms with Crippen LogP contribution in [-0.2, 0) is 5.41 Å². The molecule has 4 aliphatic carbocycles. The number of rotatable bonds is 4. The Hall–Kier alpha value is -1.55. The molecule has 32 heavy (non-hydrogen) atoms. The van der Waals surface area contributed by atoms with E-state index in [0.29, 0.717) is 0 Å². The zero-order valence-electron chi connectivity index (χ0n) is 20.4. The van der Waals surface area contributed by atoms with Gasteiger partial charge in [0.1, 0.15) is 0 Å². The van der Waals surface area contributed by atoms with Gasteiger partial charge in [-0.05, 0) is 114 Å². The minimum atomic E-state index is 0. The first kappa shape index (κ1) is 21.0. The number of carbonyl (C=O) groups is 1. The van der Waals surface area contributed by atoms with Gasteiger partial charge in [-0.2, -0.15) is 0 Å². The van der Waals surface area contributed by atoms with Crippen LogP contribution in [0, 0.1) is 17.3 Å². The highest BCUT2D eigenvalue weighted by Gasteiger charge is 2.71.